The van der Waals surface area contributed by atoms with Gasteiger partial charge in [0.25, 0.3) is 0 Å². The average molecular weight is 533 g/mol. The van der Waals surface area contributed by atoms with Gasteiger partial charge in [-0.2, -0.15) is 13.2 Å². The fourth-order valence-electron chi connectivity index (χ4n) is 3.02. The second-order valence-corrected chi connectivity index (χ2v) is 10.9. The summed E-state index contributed by atoms with van der Waals surface area (Å²) in [6.07, 6.45) is -4.43. The zero-order valence-corrected chi connectivity index (χ0v) is 19.4. The highest BCUT2D eigenvalue weighted by Crippen LogP contribution is 2.59. The maximum Gasteiger partial charge on any atom is 0.416 e. The molecule has 1 aromatic carbocycles. The molecule has 0 aromatic heterocycles. The van der Waals surface area contributed by atoms with Crippen LogP contribution in [-0.2, 0) is 11.0 Å². The van der Waals surface area contributed by atoms with Crippen molar-refractivity contribution in [2.24, 2.45) is 17.3 Å². The van der Waals surface area contributed by atoms with Crippen LogP contribution in [0.2, 0.25) is 5.02 Å². The molecule has 162 valence electrons. The number of rotatable bonds is 5. The number of allylic oxidation sites excluding steroid dienone is 1. The Morgan fingerprint density at radius 3 is 2.28 bits per heavy atom. The van der Waals surface area contributed by atoms with Gasteiger partial charge in [0.05, 0.1) is 22.2 Å². The first-order valence-electron chi connectivity index (χ1n) is 8.08. The van der Waals surface area contributed by atoms with Crippen LogP contribution in [0.3, 0.4) is 0 Å². The van der Waals surface area contributed by atoms with Crippen molar-refractivity contribution in [1.82, 2.24) is 5.32 Å². The van der Waals surface area contributed by atoms with E-state index in [1.165, 1.54) is 6.08 Å². The Morgan fingerprint density at radius 1 is 1.21 bits per heavy atom. The summed E-state index contributed by atoms with van der Waals surface area (Å²) in [5.74, 6) is -1.26. The number of benzene rings is 1. The maximum absolute atomic E-state index is 13.0. The van der Waals surface area contributed by atoms with E-state index in [1.807, 2.05) is 13.8 Å². The van der Waals surface area contributed by atoms with Gasteiger partial charge < -0.3 is 10.6 Å². The quantitative estimate of drug-likeness (QED) is 0.312. The van der Waals surface area contributed by atoms with Gasteiger partial charge in [0.2, 0.25) is 9.70 Å². The standard InChI is InChI=1S/C17H15Cl6F3N2O/c1-15(2)8(6-11(19)20)12(15)13(29)28-14(16(21,22)23)27-10-5-7(17(24,25)26)3-4-9(10)18/h3-6,8,12,14,27H,1-2H3,(H,28,29)/t8-,12+,14-/m0/s1. The molecule has 0 bridgehead atoms. The monoisotopic (exact) mass is 530 g/mol. The summed E-state index contributed by atoms with van der Waals surface area (Å²) < 4.78 is 36.9. The SMILES string of the molecule is CC1(C)[C@@H](C=C(Cl)Cl)[C@@H]1C(=O)N[C@H](Nc1cc(C(F)(F)F)ccc1Cl)C(Cl)(Cl)Cl. The van der Waals surface area contributed by atoms with Crippen LogP contribution in [0, 0.1) is 17.3 Å². The predicted molar refractivity (Wildman–Crippen MR) is 113 cm³/mol. The van der Waals surface area contributed by atoms with Crippen molar-refractivity contribution >= 4 is 81.2 Å². The molecular weight excluding hydrogens is 518 g/mol. The fraction of sp³-hybridized carbons (Fsp3) is 0.471. The molecule has 0 heterocycles. The topological polar surface area (TPSA) is 41.1 Å². The summed E-state index contributed by atoms with van der Waals surface area (Å²) in [4.78, 5) is 12.7. The average Bonchev–Trinajstić information content (AvgIpc) is 3.06. The number of carbonyl (C=O) groups is 1. The first kappa shape index (κ1) is 25.0. The van der Waals surface area contributed by atoms with Gasteiger partial charge in [-0.25, -0.2) is 0 Å². The molecule has 1 aromatic rings. The van der Waals surface area contributed by atoms with Gasteiger partial charge in [0.15, 0.2) is 0 Å². The van der Waals surface area contributed by atoms with E-state index in [0.717, 1.165) is 18.2 Å². The zero-order chi connectivity index (χ0) is 22.4. The largest absolute Gasteiger partial charge is 0.416 e. The Kier molecular flexibility index (Phi) is 7.52. The molecule has 0 spiro atoms. The molecule has 2 rings (SSSR count). The number of halogens is 9. The second kappa shape index (κ2) is 8.71. The Balaban J connectivity index is 2.24. The van der Waals surface area contributed by atoms with Crippen molar-refractivity contribution in [3.05, 3.63) is 39.4 Å². The van der Waals surface area contributed by atoms with E-state index in [2.05, 4.69) is 10.6 Å². The van der Waals surface area contributed by atoms with Crippen LogP contribution in [0.5, 0.6) is 0 Å². The number of amides is 1. The second-order valence-electron chi connectivity index (χ2n) is 7.10. The van der Waals surface area contributed by atoms with Gasteiger partial charge >= 0.3 is 6.18 Å². The molecule has 0 aliphatic heterocycles. The van der Waals surface area contributed by atoms with E-state index < -0.39 is 38.9 Å². The lowest BCUT2D eigenvalue weighted by molar-refractivity contribution is -0.137. The molecule has 3 atom stereocenters. The maximum atomic E-state index is 13.0. The third kappa shape index (κ3) is 6.14. The van der Waals surface area contributed by atoms with Crippen molar-refractivity contribution < 1.29 is 18.0 Å². The molecular formula is C17H15Cl6F3N2O. The van der Waals surface area contributed by atoms with Crippen molar-refractivity contribution in [3.63, 3.8) is 0 Å². The molecule has 1 aliphatic rings. The van der Waals surface area contributed by atoms with Crippen molar-refractivity contribution in [2.45, 2.75) is 30.0 Å². The minimum atomic E-state index is -4.60. The van der Waals surface area contributed by atoms with Gasteiger partial charge in [-0.3, -0.25) is 4.79 Å². The molecule has 12 heteroatoms. The van der Waals surface area contributed by atoms with Gasteiger partial charge in [0.1, 0.15) is 10.7 Å². The number of alkyl halides is 6. The molecule has 1 aliphatic carbocycles. The third-order valence-electron chi connectivity index (χ3n) is 4.71. The molecule has 1 amide bonds. The van der Waals surface area contributed by atoms with E-state index in [-0.39, 0.29) is 21.1 Å². The Morgan fingerprint density at radius 2 is 1.79 bits per heavy atom. The lowest BCUT2D eigenvalue weighted by Crippen LogP contribution is -2.50. The Labute approximate surface area is 195 Å². The van der Waals surface area contributed by atoms with E-state index in [0.29, 0.717) is 0 Å². The predicted octanol–water partition coefficient (Wildman–Crippen LogP) is 7.17. The highest BCUT2D eigenvalue weighted by atomic mass is 35.6. The van der Waals surface area contributed by atoms with Crippen LogP contribution in [0.15, 0.2) is 28.8 Å². The lowest BCUT2D eigenvalue weighted by Gasteiger charge is -2.28. The smallest absolute Gasteiger partial charge is 0.361 e. The summed E-state index contributed by atoms with van der Waals surface area (Å²) in [5, 5.41) is 5.03. The molecule has 1 fully saturated rings. The normalized spacial score (nSPS) is 21.9. The van der Waals surface area contributed by atoms with Gasteiger partial charge in [-0.05, 0) is 35.6 Å². The van der Waals surface area contributed by atoms with Crippen LogP contribution in [0.1, 0.15) is 19.4 Å². The van der Waals surface area contributed by atoms with Crippen LogP contribution in [0.25, 0.3) is 0 Å². The summed E-state index contributed by atoms with van der Waals surface area (Å²) in [6, 6.07) is 2.63. The van der Waals surface area contributed by atoms with E-state index in [1.54, 1.807) is 0 Å². The van der Waals surface area contributed by atoms with Crippen molar-refractivity contribution in [1.29, 1.82) is 0 Å². The molecule has 2 N–H and O–H groups in total. The minimum Gasteiger partial charge on any atom is -0.361 e. The van der Waals surface area contributed by atoms with Crippen LogP contribution in [-0.4, -0.2) is 15.9 Å². The first-order chi connectivity index (χ1) is 13.0. The number of hydrogen-bond acceptors (Lipinski definition) is 2. The Bertz CT molecular complexity index is 818. The lowest BCUT2D eigenvalue weighted by atomic mass is 10.1. The number of nitrogens with one attached hydrogen (secondary N) is 2. The summed E-state index contributed by atoms with van der Waals surface area (Å²) in [5.41, 5.74) is -1.57. The molecule has 3 nitrogen and oxygen atoms in total. The van der Waals surface area contributed by atoms with Gasteiger partial charge in [-0.1, -0.05) is 83.5 Å². The van der Waals surface area contributed by atoms with Gasteiger partial charge in [0, 0.05) is 0 Å². The summed E-state index contributed by atoms with van der Waals surface area (Å²) >= 11 is 35.1. The van der Waals surface area contributed by atoms with Crippen LogP contribution < -0.4 is 10.6 Å². The fourth-order valence-corrected chi connectivity index (χ4v) is 3.80. The Hall–Kier alpha value is -0.240. The van der Waals surface area contributed by atoms with Crippen LogP contribution in [0.4, 0.5) is 18.9 Å². The number of anilines is 1. The molecule has 0 unspecified atom stereocenters. The number of hydrogen-bond donors (Lipinski definition) is 2. The summed E-state index contributed by atoms with van der Waals surface area (Å²) in [6.45, 7) is 3.66. The zero-order valence-electron chi connectivity index (χ0n) is 14.9. The first-order valence-corrected chi connectivity index (χ1v) is 10.3. The third-order valence-corrected chi connectivity index (χ3v) is 5.94. The summed E-state index contributed by atoms with van der Waals surface area (Å²) in [7, 11) is 0. The molecule has 1 saturated carbocycles. The highest BCUT2D eigenvalue weighted by molar-refractivity contribution is 6.68. The number of carbonyl (C=O) groups excluding carboxylic acids is 1. The molecule has 0 saturated heterocycles. The van der Waals surface area contributed by atoms with Gasteiger partial charge in [-0.15, -0.1) is 0 Å². The van der Waals surface area contributed by atoms with E-state index in [9.17, 15) is 18.0 Å². The minimum absolute atomic E-state index is 0.0187. The highest BCUT2D eigenvalue weighted by Gasteiger charge is 2.61. The van der Waals surface area contributed by atoms with Crippen molar-refractivity contribution in [2.75, 3.05) is 5.32 Å². The molecule has 0 radical (unpaired) electrons. The van der Waals surface area contributed by atoms with Crippen LogP contribution >= 0.6 is 69.6 Å². The molecule has 29 heavy (non-hydrogen) atoms. The van der Waals surface area contributed by atoms with Crippen molar-refractivity contribution in [3.8, 4) is 0 Å². The van der Waals surface area contributed by atoms with E-state index >= 15 is 0 Å². The van der Waals surface area contributed by atoms with E-state index in [4.69, 9.17) is 69.6 Å².